The topological polar surface area (TPSA) is 20.2 Å². The molecule has 0 aromatic heterocycles. The summed E-state index contributed by atoms with van der Waals surface area (Å²) >= 11 is 0. The molecule has 0 saturated heterocycles. The first kappa shape index (κ1) is 9.52. The lowest BCUT2D eigenvalue weighted by atomic mass is 10.1. The maximum absolute atomic E-state index is 9.10. The molecule has 0 aliphatic heterocycles. The van der Waals surface area contributed by atoms with Gasteiger partial charge in [0.1, 0.15) is 6.10 Å². The summed E-state index contributed by atoms with van der Waals surface area (Å²) in [7, 11) is 0. The summed E-state index contributed by atoms with van der Waals surface area (Å²) in [5.74, 6) is 5.40. The Labute approximate surface area is 63.5 Å². The van der Waals surface area contributed by atoms with E-state index < -0.39 is 6.10 Å². The van der Waals surface area contributed by atoms with Crippen molar-refractivity contribution in [3.05, 3.63) is 0 Å². The van der Waals surface area contributed by atoms with Crippen molar-refractivity contribution in [1.82, 2.24) is 0 Å². The highest BCUT2D eigenvalue weighted by Gasteiger charge is 1.96. The van der Waals surface area contributed by atoms with Gasteiger partial charge in [0.25, 0.3) is 0 Å². The van der Waals surface area contributed by atoms with Gasteiger partial charge in [-0.25, -0.2) is 0 Å². The monoisotopic (exact) mass is 140 g/mol. The number of rotatable bonds is 4. The van der Waals surface area contributed by atoms with Crippen molar-refractivity contribution in [1.29, 1.82) is 0 Å². The number of aliphatic hydroxyl groups excluding tert-OH is 1. The molecular formula is C9H16O. The van der Waals surface area contributed by atoms with Gasteiger partial charge in [0.2, 0.25) is 0 Å². The van der Waals surface area contributed by atoms with E-state index in [2.05, 4.69) is 18.8 Å². The van der Waals surface area contributed by atoms with Gasteiger partial charge in [0.05, 0.1) is 0 Å². The van der Waals surface area contributed by atoms with Gasteiger partial charge < -0.3 is 5.11 Å². The lowest BCUT2D eigenvalue weighted by molar-refractivity contribution is 0.217. The van der Waals surface area contributed by atoms with E-state index in [0.717, 1.165) is 12.8 Å². The van der Waals surface area contributed by atoms with E-state index >= 15 is 0 Å². The van der Waals surface area contributed by atoms with Gasteiger partial charge in [0, 0.05) is 0 Å². The molecule has 0 amide bonds. The highest BCUT2D eigenvalue weighted by molar-refractivity contribution is 5.01. The fourth-order valence-electron chi connectivity index (χ4n) is 0.826. The Hall–Kier alpha value is -0.480. The van der Waals surface area contributed by atoms with E-state index in [9.17, 15) is 0 Å². The van der Waals surface area contributed by atoms with Crippen molar-refractivity contribution in [3.63, 3.8) is 0 Å². The molecule has 0 heterocycles. The zero-order chi connectivity index (χ0) is 7.82. The molecule has 1 unspecified atom stereocenters. The molecule has 0 radical (unpaired) electrons. The van der Waals surface area contributed by atoms with E-state index in [1.807, 2.05) is 0 Å². The standard InChI is InChI=1S/C9H16O/c1-3-5-6-8-9(10)7-4-2/h9-10H,3,5-6,8H2,1-2H3. The van der Waals surface area contributed by atoms with Crippen LogP contribution >= 0.6 is 0 Å². The van der Waals surface area contributed by atoms with Crippen molar-refractivity contribution < 1.29 is 5.11 Å². The lowest BCUT2D eigenvalue weighted by Crippen LogP contribution is -2.01. The number of hydrogen-bond donors (Lipinski definition) is 1. The van der Waals surface area contributed by atoms with Gasteiger partial charge in [-0.1, -0.05) is 25.7 Å². The smallest absolute Gasteiger partial charge is 0.114 e. The number of hydrogen-bond acceptors (Lipinski definition) is 1. The van der Waals surface area contributed by atoms with Crippen molar-refractivity contribution in [2.75, 3.05) is 0 Å². The molecule has 0 aromatic rings. The summed E-state index contributed by atoms with van der Waals surface area (Å²) in [6, 6.07) is 0. The zero-order valence-corrected chi connectivity index (χ0v) is 6.85. The van der Waals surface area contributed by atoms with Crippen molar-refractivity contribution in [2.24, 2.45) is 0 Å². The van der Waals surface area contributed by atoms with Crippen LogP contribution in [0.4, 0.5) is 0 Å². The molecule has 0 aromatic carbocycles. The minimum Gasteiger partial charge on any atom is -0.380 e. The molecule has 0 bridgehead atoms. The number of unbranched alkanes of at least 4 members (excludes halogenated alkanes) is 2. The first-order valence-corrected chi connectivity index (χ1v) is 3.91. The van der Waals surface area contributed by atoms with Crippen LogP contribution in [0.25, 0.3) is 0 Å². The minimum atomic E-state index is -0.392. The molecule has 0 fully saturated rings. The predicted molar refractivity (Wildman–Crippen MR) is 43.6 cm³/mol. The largest absolute Gasteiger partial charge is 0.380 e. The van der Waals surface area contributed by atoms with Crippen molar-refractivity contribution in [2.45, 2.75) is 45.6 Å². The van der Waals surface area contributed by atoms with Gasteiger partial charge >= 0.3 is 0 Å². The Kier molecular flexibility index (Phi) is 6.32. The average molecular weight is 140 g/mol. The fraction of sp³-hybridized carbons (Fsp3) is 0.778. The van der Waals surface area contributed by atoms with Crippen LogP contribution in [0.1, 0.15) is 39.5 Å². The van der Waals surface area contributed by atoms with Crippen LogP contribution in [0.5, 0.6) is 0 Å². The average Bonchev–Trinajstić information content (AvgIpc) is 1.89. The van der Waals surface area contributed by atoms with Crippen molar-refractivity contribution >= 4 is 0 Å². The second-order valence-corrected chi connectivity index (χ2v) is 2.41. The van der Waals surface area contributed by atoms with Gasteiger partial charge in [-0.05, 0) is 19.8 Å². The van der Waals surface area contributed by atoms with Crippen LogP contribution < -0.4 is 0 Å². The quantitative estimate of drug-likeness (QED) is 0.467. The Balaban J connectivity index is 3.18. The third-order valence-electron chi connectivity index (χ3n) is 1.39. The first-order chi connectivity index (χ1) is 4.81. The molecule has 0 spiro atoms. The van der Waals surface area contributed by atoms with Crippen LogP contribution in [-0.2, 0) is 0 Å². The Morgan fingerprint density at radius 2 is 2.10 bits per heavy atom. The summed E-state index contributed by atoms with van der Waals surface area (Å²) < 4.78 is 0. The van der Waals surface area contributed by atoms with Crippen LogP contribution in [0, 0.1) is 11.8 Å². The van der Waals surface area contributed by atoms with Crippen LogP contribution in [0.2, 0.25) is 0 Å². The fourth-order valence-corrected chi connectivity index (χ4v) is 0.826. The Bertz CT molecular complexity index is 118. The van der Waals surface area contributed by atoms with Crippen molar-refractivity contribution in [3.8, 4) is 11.8 Å². The summed E-state index contributed by atoms with van der Waals surface area (Å²) in [5.41, 5.74) is 0. The molecule has 0 saturated carbocycles. The van der Waals surface area contributed by atoms with E-state index in [1.54, 1.807) is 6.92 Å². The maximum Gasteiger partial charge on any atom is 0.114 e. The summed E-state index contributed by atoms with van der Waals surface area (Å²) in [6.45, 7) is 3.90. The van der Waals surface area contributed by atoms with E-state index in [-0.39, 0.29) is 0 Å². The third-order valence-corrected chi connectivity index (χ3v) is 1.39. The minimum absolute atomic E-state index is 0.392. The first-order valence-electron chi connectivity index (χ1n) is 3.91. The van der Waals surface area contributed by atoms with Crippen LogP contribution in [0.15, 0.2) is 0 Å². The summed E-state index contributed by atoms with van der Waals surface area (Å²) in [5, 5.41) is 9.10. The van der Waals surface area contributed by atoms with Crippen LogP contribution in [-0.4, -0.2) is 11.2 Å². The summed E-state index contributed by atoms with van der Waals surface area (Å²) in [6.07, 6.45) is 3.92. The van der Waals surface area contributed by atoms with E-state index in [0.29, 0.717) is 0 Å². The Morgan fingerprint density at radius 1 is 1.40 bits per heavy atom. The molecule has 0 aliphatic rings. The lowest BCUT2D eigenvalue weighted by Gasteiger charge is -2.00. The molecule has 1 N–H and O–H groups in total. The zero-order valence-electron chi connectivity index (χ0n) is 6.85. The summed E-state index contributed by atoms with van der Waals surface area (Å²) in [4.78, 5) is 0. The highest BCUT2D eigenvalue weighted by atomic mass is 16.3. The van der Waals surface area contributed by atoms with E-state index in [1.165, 1.54) is 12.8 Å². The van der Waals surface area contributed by atoms with E-state index in [4.69, 9.17) is 5.11 Å². The molecule has 1 nitrogen and oxygen atoms in total. The molecule has 0 rings (SSSR count). The molecule has 0 aliphatic carbocycles. The molecule has 1 heteroatoms. The van der Waals surface area contributed by atoms with Gasteiger partial charge in [0.15, 0.2) is 0 Å². The SMILES string of the molecule is CC#CC(O)CCCCC. The highest BCUT2D eigenvalue weighted by Crippen LogP contribution is 2.01. The molecule has 1 atom stereocenters. The second kappa shape index (κ2) is 6.64. The maximum atomic E-state index is 9.10. The van der Waals surface area contributed by atoms with Gasteiger partial charge in [-0.15, -0.1) is 5.92 Å². The molecule has 58 valence electrons. The number of aliphatic hydroxyl groups is 1. The normalized spacial score (nSPS) is 11.9. The predicted octanol–water partition coefficient (Wildman–Crippen LogP) is 1.95. The van der Waals surface area contributed by atoms with Gasteiger partial charge in [-0.2, -0.15) is 0 Å². The Morgan fingerprint density at radius 3 is 2.60 bits per heavy atom. The van der Waals surface area contributed by atoms with Gasteiger partial charge in [-0.3, -0.25) is 0 Å². The second-order valence-electron chi connectivity index (χ2n) is 2.41. The van der Waals surface area contributed by atoms with Crippen LogP contribution in [0.3, 0.4) is 0 Å². The molecule has 10 heavy (non-hydrogen) atoms. The third kappa shape index (κ3) is 5.65. The molecular weight excluding hydrogens is 124 g/mol.